The predicted molar refractivity (Wildman–Crippen MR) is 144 cm³/mol. The number of hydrogen-bond acceptors (Lipinski definition) is 5. The Balaban J connectivity index is 2.08. The van der Waals surface area contributed by atoms with Gasteiger partial charge in [0.05, 0.1) is 22.5 Å². The summed E-state index contributed by atoms with van der Waals surface area (Å²) in [6.45, 7) is 24.6. The zero-order valence-corrected chi connectivity index (χ0v) is 21.4. The van der Waals surface area contributed by atoms with Crippen LogP contribution in [0.1, 0.15) is 67.4 Å². The molecule has 0 amide bonds. The molecule has 2 aromatic heterocycles. The van der Waals surface area contributed by atoms with E-state index in [1.807, 2.05) is 26.0 Å². The predicted octanol–water partition coefficient (Wildman–Crippen LogP) is 5.39. The smallest absolute Gasteiger partial charge is 0.159 e. The highest BCUT2D eigenvalue weighted by molar-refractivity contribution is 5.69. The van der Waals surface area contributed by atoms with E-state index in [-0.39, 0.29) is 0 Å². The van der Waals surface area contributed by atoms with Crippen LogP contribution in [-0.2, 0) is 11.8 Å². The molecule has 34 heavy (non-hydrogen) atoms. The number of allylic oxidation sites excluding steroid dienone is 3. The van der Waals surface area contributed by atoms with Crippen molar-refractivity contribution in [2.24, 2.45) is 11.7 Å². The molecule has 0 bridgehead atoms. The molecule has 2 heterocycles. The van der Waals surface area contributed by atoms with Gasteiger partial charge in [0.1, 0.15) is 0 Å². The molecule has 0 saturated heterocycles. The van der Waals surface area contributed by atoms with E-state index in [2.05, 4.69) is 67.4 Å². The highest BCUT2D eigenvalue weighted by atomic mass is 15.2. The molecule has 5 N–H and O–H groups in total. The maximum atomic E-state index is 6.06. The first-order valence-corrected chi connectivity index (χ1v) is 12.1. The highest BCUT2D eigenvalue weighted by Gasteiger charge is 2.44. The van der Waals surface area contributed by atoms with Crippen LogP contribution in [0.3, 0.4) is 0 Å². The van der Waals surface area contributed by atoms with Gasteiger partial charge < -0.3 is 16.4 Å². The summed E-state index contributed by atoms with van der Waals surface area (Å²) in [5.41, 5.74) is 14.7. The number of aromatic nitrogens is 3. The van der Waals surface area contributed by atoms with E-state index in [0.717, 1.165) is 76.8 Å². The number of hydrogen-bond donors (Lipinski definition) is 4. The van der Waals surface area contributed by atoms with Gasteiger partial charge in [-0.1, -0.05) is 37.5 Å². The zero-order valence-electron chi connectivity index (χ0n) is 21.4. The molecule has 2 aromatic rings. The van der Waals surface area contributed by atoms with Crippen molar-refractivity contribution >= 4 is 17.6 Å². The number of nitrogens with two attached hydrogens (primary N) is 1. The Morgan fingerprint density at radius 3 is 2.71 bits per heavy atom. The van der Waals surface area contributed by atoms with Gasteiger partial charge in [-0.15, -0.1) is 0 Å². The number of anilines is 1. The Bertz CT molecular complexity index is 1120. The van der Waals surface area contributed by atoms with Gasteiger partial charge in [-0.2, -0.15) is 5.10 Å². The molecule has 0 saturated carbocycles. The molecule has 182 valence electrons. The van der Waals surface area contributed by atoms with Gasteiger partial charge in [0.2, 0.25) is 0 Å². The molecule has 6 heteroatoms. The number of rotatable bonds is 10. The monoisotopic (exact) mass is 460 g/mol. The topological polar surface area (TPSA) is 91.7 Å². The van der Waals surface area contributed by atoms with Gasteiger partial charge in [-0.05, 0) is 83.5 Å². The van der Waals surface area contributed by atoms with E-state index in [1.165, 1.54) is 5.56 Å². The van der Waals surface area contributed by atoms with Crippen LogP contribution in [0, 0.1) is 19.8 Å². The average Bonchev–Trinajstić information content (AvgIpc) is 3.13. The molecule has 1 aliphatic rings. The third-order valence-electron chi connectivity index (χ3n) is 6.98. The number of fused-ring (bicyclic) bond motifs is 1. The summed E-state index contributed by atoms with van der Waals surface area (Å²) in [4.78, 5) is 5.21. The van der Waals surface area contributed by atoms with Crippen molar-refractivity contribution in [2.75, 3.05) is 18.4 Å². The van der Waals surface area contributed by atoms with Crippen LogP contribution in [0.2, 0.25) is 0 Å². The number of nitrogens with zero attached hydrogens (tertiary/aromatic N) is 2. The molecule has 0 radical (unpaired) electrons. The second-order valence-electron chi connectivity index (χ2n) is 9.58. The molecular formula is C28H40N6. The summed E-state index contributed by atoms with van der Waals surface area (Å²) in [7, 11) is 0. The third kappa shape index (κ3) is 4.87. The standard InChI is InChI=1S/C28H40N6/c1-9-30-20(6)25-18(4)16-22-11-12-23(14-15-29)28(8,26(22)32-25)21(7)31-27-24(13-10-17(2)3)19(5)33-34-27/h10,13,16,23,30H,2,6-7,9,11-12,14-15,29H2,1,3-5,8H3,(H2,31,33,34)/b13-10-. The lowest BCUT2D eigenvalue weighted by molar-refractivity contribution is 0.276. The fraction of sp³-hybridized carbons (Fsp3) is 0.429. The molecule has 0 aliphatic heterocycles. The Morgan fingerprint density at radius 2 is 2.06 bits per heavy atom. The van der Waals surface area contributed by atoms with Crippen molar-refractivity contribution in [1.82, 2.24) is 20.5 Å². The van der Waals surface area contributed by atoms with Crippen LogP contribution < -0.4 is 16.4 Å². The van der Waals surface area contributed by atoms with Gasteiger partial charge in [0.25, 0.3) is 0 Å². The van der Waals surface area contributed by atoms with E-state index >= 15 is 0 Å². The van der Waals surface area contributed by atoms with Crippen LogP contribution >= 0.6 is 0 Å². The van der Waals surface area contributed by atoms with Gasteiger partial charge in [0.15, 0.2) is 5.82 Å². The molecule has 6 nitrogen and oxygen atoms in total. The van der Waals surface area contributed by atoms with E-state index in [9.17, 15) is 0 Å². The first-order valence-electron chi connectivity index (χ1n) is 12.1. The first kappa shape index (κ1) is 25.5. The summed E-state index contributed by atoms with van der Waals surface area (Å²) >= 11 is 0. The largest absolute Gasteiger partial charge is 0.384 e. The molecule has 2 unspecified atom stereocenters. The first-order chi connectivity index (χ1) is 16.1. The quantitative estimate of drug-likeness (QED) is 0.357. The summed E-state index contributed by atoms with van der Waals surface area (Å²) < 4.78 is 0. The summed E-state index contributed by atoms with van der Waals surface area (Å²) in [5, 5.41) is 14.5. The van der Waals surface area contributed by atoms with Gasteiger partial charge in [0, 0.05) is 23.5 Å². The molecule has 2 atom stereocenters. The Morgan fingerprint density at radius 1 is 1.32 bits per heavy atom. The van der Waals surface area contributed by atoms with E-state index < -0.39 is 5.41 Å². The Hall–Kier alpha value is -3.12. The summed E-state index contributed by atoms with van der Waals surface area (Å²) in [6, 6.07) is 2.27. The third-order valence-corrected chi connectivity index (χ3v) is 6.98. The van der Waals surface area contributed by atoms with Crippen LogP contribution in [-0.4, -0.2) is 28.3 Å². The molecule has 0 spiro atoms. The fourth-order valence-electron chi connectivity index (χ4n) is 4.98. The van der Waals surface area contributed by atoms with E-state index in [1.54, 1.807) is 0 Å². The van der Waals surface area contributed by atoms with Crippen LogP contribution in [0.4, 0.5) is 5.82 Å². The van der Waals surface area contributed by atoms with Crippen LogP contribution in [0.25, 0.3) is 11.8 Å². The van der Waals surface area contributed by atoms with Gasteiger partial charge >= 0.3 is 0 Å². The maximum absolute atomic E-state index is 6.06. The molecule has 3 rings (SSSR count). The highest BCUT2D eigenvalue weighted by Crippen LogP contribution is 2.47. The Kier molecular flexibility index (Phi) is 7.82. The number of aromatic amines is 1. The lowest BCUT2D eigenvalue weighted by atomic mass is 9.63. The lowest BCUT2D eigenvalue weighted by Crippen LogP contribution is -2.43. The maximum Gasteiger partial charge on any atom is 0.159 e. The fourth-order valence-corrected chi connectivity index (χ4v) is 4.98. The minimum absolute atomic E-state index is 0.315. The number of H-pyrrole nitrogens is 1. The number of pyridine rings is 1. The minimum Gasteiger partial charge on any atom is -0.384 e. The van der Waals surface area contributed by atoms with Crippen molar-refractivity contribution in [3.63, 3.8) is 0 Å². The minimum atomic E-state index is -0.413. The van der Waals surface area contributed by atoms with Gasteiger partial charge in [-0.3, -0.25) is 5.10 Å². The molecule has 1 aliphatic carbocycles. The molecule has 0 aromatic carbocycles. The number of nitrogens with one attached hydrogen (secondary N) is 3. The van der Waals surface area contributed by atoms with Gasteiger partial charge in [-0.25, -0.2) is 4.98 Å². The molecular weight excluding hydrogens is 420 g/mol. The summed E-state index contributed by atoms with van der Waals surface area (Å²) in [6.07, 6.45) is 6.95. The van der Waals surface area contributed by atoms with Crippen molar-refractivity contribution in [3.8, 4) is 0 Å². The van der Waals surface area contributed by atoms with Crippen LogP contribution in [0.5, 0.6) is 0 Å². The zero-order chi connectivity index (χ0) is 25.0. The average molecular weight is 461 g/mol. The number of aryl methyl sites for hydroxylation is 3. The van der Waals surface area contributed by atoms with Crippen LogP contribution in [0.15, 0.2) is 43.1 Å². The SMILES string of the molecule is C=C(C)/C=C\c1c(NC(=C)C2(C)c3nc(C(=C)NCC)c(C)cc3CCC2CCN)n[nH]c1C. The van der Waals surface area contributed by atoms with Crippen molar-refractivity contribution in [2.45, 2.75) is 59.3 Å². The van der Waals surface area contributed by atoms with Crippen molar-refractivity contribution in [1.29, 1.82) is 0 Å². The van der Waals surface area contributed by atoms with E-state index in [4.69, 9.17) is 10.7 Å². The normalized spacial score (nSPS) is 19.6. The summed E-state index contributed by atoms with van der Waals surface area (Å²) in [5.74, 6) is 1.07. The van der Waals surface area contributed by atoms with Crippen molar-refractivity contribution < 1.29 is 0 Å². The van der Waals surface area contributed by atoms with E-state index in [0.29, 0.717) is 12.5 Å². The second-order valence-corrected chi connectivity index (χ2v) is 9.58. The van der Waals surface area contributed by atoms with Crippen molar-refractivity contribution in [3.05, 3.63) is 76.9 Å². The Labute approximate surface area is 204 Å². The second kappa shape index (κ2) is 10.4. The lowest BCUT2D eigenvalue weighted by Gasteiger charge is -2.44. The molecule has 0 fully saturated rings.